The summed E-state index contributed by atoms with van der Waals surface area (Å²) in [6.45, 7) is 0. The number of aliphatic hydroxyl groups is 1. The minimum Gasteiger partial charge on any atom is -0.610 e. The standard InChI is InChI=1S/C15H15NO2S/c1-16-10-19(18)14-9-12(7-8-13(14)16)15(17)11-5-3-2-4-6-11/h2-9,15,17H,10H2,1H3. The molecule has 0 amide bonds. The zero-order chi connectivity index (χ0) is 13.4. The Labute approximate surface area is 115 Å². The SMILES string of the molecule is CN1C[S+]([O-])c2cc(C(O)c3ccccc3)ccc21. The molecule has 3 rings (SSSR count). The molecule has 1 aliphatic rings. The second-order valence-corrected chi connectivity index (χ2v) is 6.10. The van der Waals surface area contributed by atoms with Gasteiger partial charge < -0.3 is 14.6 Å². The van der Waals surface area contributed by atoms with Crippen molar-refractivity contribution in [2.45, 2.75) is 11.0 Å². The fourth-order valence-electron chi connectivity index (χ4n) is 2.34. The summed E-state index contributed by atoms with van der Waals surface area (Å²) in [4.78, 5) is 2.79. The number of nitrogens with zero attached hydrogens (tertiary/aromatic N) is 1. The molecule has 2 aromatic rings. The Morgan fingerprint density at radius 1 is 1.16 bits per heavy atom. The summed E-state index contributed by atoms with van der Waals surface area (Å²) in [6, 6.07) is 15.2. The molecule has 2 atom stereocenters. The lowest BCUT2D eigenvalue weighted by molar-refractivity contribution is 0.220. The van der Waals surface area contributed by atoms with Crippen molar-refractivity contribution in [3.63, 3.8) is 0 Å². The molecule has 1 heterocycles. The maximum absolute atomic E-state index is 12.0. The molecule has 4 heteroatoms. The van der Waals surface area contributed by atoms with Gasteiger partial charge in [-0.25, -0.2) is 0 Å². The van der Waals surface area contributed by atoms with Crippen LogP contribution in [0.25, 0.3) is 0 Å². The molecule has 0 aromatic heterocycles. The van der Waals surface area contributed by atoms with Gasteiger partial charge in [0.1, 0.15) is 6.10 Å². The molecular weight excluding hydrogens is 258 g/mol. The number of benzene rings is 2. The van der Waals surface area contributed by atoms with Gasteiger partial charge in [-0.15, -0.1) is 0 Å². The molecule has 0 radical (unpaired) electrons. The van der Waals surface area contributed by atoms with E-state index in [4.69, 9.17) is 0 Å². The Morgan fingerprint density at radius 2 is 1.89 bits per heavy atom. The number of hydrogen-bond acceptors (Lipinski definition) is 3. The fourth-order valence-corrected chi connectivity index (χ4v) is 3.70. The molecule has 0 spiro atoms. The predicted molar refractivity (Wildman–Crippen MR) is 76.6 cm³/mol. The molecule has 0 saturated heterocycles. The maximum atomic E-state index is 12.0. The Kier molecular flexibility index (Phi) is 3.22. The normalized spacial score (nSPS) is 19.3. The average Bonchev–Trinajstić information content (AvgIpc) is 2.74. The monoisotopic (exact) mass is 273 g/mol. The lowest BCUT2D eigenvalue weighted by Gasteiger charge is -2.12. The minimum absolute atomic E-state index is 0.528. The number of aliphatic hydroxyl groups excluding tert-OH is 1. The summed E-state index contributed by atoms with van der Waals surface area (Å²) in [5, 5.41) is 10.4. The van der Waals surface area contributed by atoms with E-state index >= 15 is 0 Å². The van der Waals surface area contributed by atoms with Gasteiger partial charge >= 0.3 is 0 Å². The third kappa shape index (κ3) is 2.23. The highest BCUT2D eigenvalue weighted by atomic mass is 32.2. The Bertz CT molecular complexity index is 588. The van der Waals surface area contributed by atoms with Crippen LogP contribution in [-0.2, 0) is 11.2 Å². The van der Waals surface area contributed by atoms with Crippen molar-refractivity contribution in [3.8, 4) is 0 Å². The van der Waals surface area contributed by atoms with E-state index in [9.17, 15) is 9.66 Å². The van der Waals surface area contributed by atoms with Crippen LogP contribution >= 0.6 is 0 Å². The largest absolute Gasteiger partial charge is 0.610 e. The number of hydrogen-bond donors (Lipinski definition) is 1. The van der Waals surface area contributed by atoms with Crippen molar-refractivity contribution < 1.29 is 9.66 Å². The first-order chi connectivity index (χ1) is 9.16. The van der Waals surface area contributed by atoms with E-state index in [2.05, 4.69) is 0 Å². The highest BCUT2D eigenvalue weighted by Gasteiger charge is 2.29. The van der Waals surface area contributed by atoms with Crippen LogP contribution in [0.4, 0.5) is 5.69 Å². The second-order valence-electron chi connectivity index (χ2n) is 4.71. The van der Waals surface area contributed by atoms with Gasteiger partial charge in [0.25, 0.3) is 0 Å². The molecule has 19 heavy (non-hydrogen) atoms. The molecule has 0 bridgehead atoms. The highest BCUT2D eigenvalue weighted by molar-refractivity contribution is 7.92. The van der Waals surface area contributed by atoms with Crippen LogP contribution in [0.2, 0.25) is 0 Å². The molecule has 1 N–H and O–H groups in total. The van der Waals surface area contributed by atoms with Crippen LogP contribution in [0.1, 0.15) is 17.2 Å². The Morgan fingerprint density at radius 3 is 2.63 bits per heavy atom. The van der Waals surface area contributed by atoms with E-state index in [1.165, 1.54) is 0 Å². The molecule has 3 nitrogen and oxygen atoms in total. The van der Waals surface area contributed by atoms with Gasteiger partial charge in [0.15, 0.2) is 10.8 Å². The smallest absolute Gasteiger partial charge is 0.183 e. The number of rotatable bonds is 2. The lowest BCUT2D eigenvalue weighted by atomic mass is 10.0. The summed E-state index contributed by atoms with van der Waals surface area (Å²) in [5.74, 6) is 0.528. The van der Waals surface area contributed by atoms with E-state index in [0.29, 0.717) is 5.88 Å². The molecule has 2 unspecified atom stereocenters. The molecule has 1 aliphatic heterocycles. The summed E-state index contributed by atoms with van der Waals surface area (Å²) in [5.41, 5.74) is 2.62. The summed E-state index contributed by atoms with van der Waals surface area (Å²) < 4.78 is 12.0. The first-order valence-corrected chi connectivity index (χ1v) is 7.45. The molecular formula is C15H15NO2S. The zero-order valence-electron chi connectivity index (χ0n) is 10.6. The van der Waals surface area contributed by atoms with Crippen molar-refractivity contribution in [2.24, 2.45) is 0 Å². The van der Waals surface area contributed by atoms with Gasteiger partial charge in [0.05, 0.1) is 5.69 Å². The van der Waals surface area contributed by atoms with Gasteiger partial charge in [0, 0.05) is 24.3 Å². The molecule has 0 fully saturated rings. The summed E-state index contributed by atoms with van der Waals surface area (Å²) in [7, 11) is 1.93. The topological polar surface area (TPSA) is 46.5 Å². The van der Waals surface area contributed by atoms with Crippen LogP contribution < -0.4 is 4.90 Å². The van der Waals surface area contributed by atoms with Gasteiger partial charge in [-0.2, -0.15) is 0 Å². The Balaban J connectivity index is 1.97. The van der Waals surface area contributed by atoms with E-state index in [1.807, 2.05) is 60.5 Å². The molecule has 2 aromatic carbocycles. The van der Waals surface area contributed by atoms with Crippen LogP contribution in [0.5, 0.6) is 0 Å². The van der Waals surface area contributed by atoms with Gasteiger partial charge in [-0.05, 0) is 17.2 Å². The number of anilines is 1. The van der Waals surface area contributed by atoms with E-state index in [-0.39, 0.29) is 0 Å². The quantitative estimate of drug-likeness (QED) is 0.854. The van der Waals surface area contributed by atoms with E-state index in [0.717, 1.165) is 21.7 Å². The Hall–Kier alpha value is -1.49. The van der Waals surface area contributed by atoms with Crippen molar-refractivity contribution in [3.05, 3.63) is 59.7 Å². The summed E-state index contributed by atoms with van der Waals surface area (Å²) >= 11 is -0.996. The number of fused-ring (bicyclic) bond motifs is 1. The molecule has 0 aliphatic carbocycles. The first kappa shape index (κ1) is 12.5. The van der Waals surface area contributed by atoms with Crippen molar-refractivity contribution >= 4 is 16.9 Å². The van der Waals surface area contributed by atoms with Gasteiger partial charge in [-0.3, -0.25) is 0 Å². The average molecular weight is 273 g/mol. The molecule has 0 saturated carbocycles. The second kappa shape index (κ2) is 4.89. The highest BCUT2D eigenvalue weighted by Crippen LogP contribution is 2.35. The lowest BCUT2D eigenvalue weighted by Crippen LogP contribution is -2.16. The van der Waals surface area contributed by atoms with E-state index < -0.39 is 17.3 Å². The zero-order valence-corrected chi connectivity index (χ0v) is 11.4. The third-order valence-corrected chi connectivity index (χ3v) is 4.82. The van der Waals surface area contributed by atoms with E-state index in [1.54, 1.807) is 0 Å². The van der Waals surface area contributed by atoms with Crippen molar-refractivity contribution in [1.82, 2.24) is 0 Å². The fraction of sp³-hybridized carbons (Fsp3) is 0.200. The van der Waals surface area contributed by atoms with Crippen LogP contribution in [0, 0.1) is 0 Å². The van der Waals surface area contributed by atoms with Gasteiger partial charge in [-0.1, -0.05) is 36.4 Å². The third-order valence-electron chi connectivity index (χ3n) is 3.38. The minimum atomic E-state index is -0.996. The van der Waals surface area contributed by atoms with Crippen LogP contribution in [0.15, 0.2) is 53.4 Å². The van der Waals surface area contributed by atoms with Crippen LogP contribution in [-0.4, -0.2) is 22.6 Å². The first-order valence-electron chi connectivity index (χ1n) is 6.13. The maximum Gasteiger partial charge on any atom is 0.183 e. The predicted octanol–water partition coefficient (Wildman–Crippen LogP) is 2.28. The van der Waals surface area contributed by atoms with Crippen molar-refractivity contribution in [2.75, 3.05) is 17.8 Å². The molecule has 98 valence electrons. The summed E-state index contributed by atoms with van der Waals surface area (Å²) in [6.07, 6.45) is -0.672. The van der Waals surface area contributed by atoms with Gasteiger partial charge in [0.2, 0.25) is 0 Å². The van der Waals surface area contributed by atoms with Crippen molar-refractivity contribution in [1.29, 1.82) is 0 Å². The van der Waals surface area contributed by atoms with Crippen LogP contribution in [0.3, 0.4) is 0 Å².